The molecule has 2 heterocycles. The number of β-amino-alcohol motifs (C(OH)–C–C–N with tert-alkyl or cyclic N) is 1. The van der Waals surface area contributed by atoms with E-state index in [1.54, 1.807) is 15.8 Å². The SMILES string of the molecule is CC[C@H]1CN(CC(=O)N(C)Cc2cnn(C)c2)CCN1C[C@@H](C)O. The van der Waals surface area contributed by atoms with E-state index in [0.717, 1.165) is 31.6 Å². The highest BCUT2D eigenvalue weighted by molar-refractivity contribution is 5.78. The molecule has 7 nitrogen and oxygen atoms in total. The fraction of sp³-hybridized carbons (Fsp3) is 0.765. The highest BCUT2D eigenvalue weighted by Gasteiger charge is 2.27. The van der Waals surface area contributed by atoms with Crippen molar-refractivity contribution in [2.45, 2.75) is 39.0 Å². The number of aromatic nitrogens is 2. The number of aryl methyl sites for hydroxylation is 1. The molecule has 0 aliphatic carbocycles. The second-order valence-electron chi connectivity index (χ2n) is 6.91. The second kappa shape index (κ2) is 8.60. The lowest BCUT2D eigenvalue weighted by Gasteiger charge is -2.41. The largest absolute Gasteiger partial charge is 0.392 e. The first-order valence-corrected chi connectivity index (χ1v) is 8.75. The van der Waals surface area contributed by atoms with Crippen LogP contribution in [0.1, 0.15) is 25.8 Å². The fourth-order valence-electron chi connectivity index (χ4n) is 3.30. The number of piperazine rings is 1. The minimum atomic E-state index is -0.308. The number of carbonyl (C=O) groups is 1. The molecule has 136 valence electrons. The Bertz CT molecular complexity index is 531. The zero-order valence-corrected chi connectivity index (χ0v) is 15.4. The maximum atomic E-state index is 12.5. The Morgan fingerprint density at radius 3 is 2.83 bits per heavy atom. The maximum Gasteiger partial charge on any atom is 0.236 e. The van der Waals surface area contributed by atoms with Crippen LogP contribution >= 0.6 is 0 Å². The predicted molar refractivity (Wildman–Crippen MR) is 93.5 cm³/mol. The Hall–Kier alpha value is -1.44. The summed E-state index contributed by atoms with van der Waals surface area (Å²) in [6.45, 7) is 8.41. The number of aliphatic hydroxyl groups excluding tert-OH is 1. The molecule has 1 aromatic heterocycles. The smallest absolute Gasteiger partial charge is 0.236 e. The van der Waals surface area contributed by atoms with Gasteiger partial charge < -0.3 is 10.0 Å². The van der Waals surface area contributed by atoms with Crippen LogP contribution in [0.15, 0.2) is 12.4 Å². The molecule has 0 radical (unpaired) electrons. The summed E-state index contributed by atoms with van der Waals surface area (Å²) in [5.74, 6) is 0.137. The minimum Gasteiger partial charge on any atom is -0.392 e. The molecular formula is C17H31N5O2. The Morgan fingerprint density at radius 2 is 2.25 bits per heavy atom. The van der Waals surface area contributed by atoms with E-state index in [1.165, 1.54) is 0 Å². The van der Waals surface area contributed by atoms with Gasteiger partial charge in [-0.2, -0.15) is 5.10 Å². The van der Waals surface area contributed by atoms with Gasteiger partial charge >= 0.3 is 0 Å². The van der Waals surface area contributed by atoms with E-state index in [1.807, 2.05) is 27.2 Å². The molecule has 0 aromatic carbocycles. The molecule has 1 aromatic rings. The molecule has 2 rings (SSSR count). The van der Waals surface area contributed by atoms with Crippen molar-refractivity contribution in [3.05, 3.63) is 18.0 Å². The van der Waals surface area contributed by atoms with Crippen LogP contribution in [0, 0.1) is 0 Å². The number of likely N-dealkylation sites (N-methyl/N-ethyl adjacent to an activating group) is 1. The molecule has 0 unspecified atom stereocenters. The molecule has 1 N–H and O–H groups in total. The molecule has 0 spiro atoms. The molecule has 1 aliphatic rings. The minimum absolute atomic E-state index is 0.137. The van der Waals surface area contributed by atoms with Crippen LogP contribution < -0.4 is 0 Å². The number of amides is 1. The summed E-state index contributed by atoms with van der Waals surface area (Å²) in [6, 6.07) is 0.407. The van der Waals surface area contributed by atoms with E-state index in [-0.39, 0.29) is 12.0 Å². The molecule has 1 aliphatic heterocycles. The van der Waals surface area contributed by atoms with Gasteiger partial charge in [-0.3, -0.25) is 19.3 Å². The monoisotopic (exact) mass is 337 g/mol. The van der Waals surface area contributed by atoms with Crippen molar-refractivity contribution in [1.29, 1.82) is 0 Å². The molecule has 24 heavy (non-hydrogen) atoms. The lowest BCUT2D eigenvalue weighted by atomic mass is 10.1. The van der Waals surface area contributed by atoms with Gasteiger partial charge in [0.2, 0.25) is 5.91 Å². The van der Waals surface area contributed by atoms with Crippen molar-refractivity contribution >= 4 is 5.91 Å². The summed E-state index contributed by atoms with van der Waals surface area (Å²) < 4.78 is 1.75. The molecule has 1 amide bonds. The van der Waals surface area contributed by atoms with Crippen molar-refractivity contribution in [2.24, 2.45) is 7.05 Å². The molecular weight excluding hydrogens is 306 g/mol. The highest BCUT2D eigenvalue weighted by atomic mass is 16.3. The zero-order valence-electron chi connectivity index (χ0n) is 15.4. The third-order valence-electron chi connectivity index (χ3n) is 4.62. The first kappa shape index (κ1) is 18.9. The van der Waals surface area contributed by atoms with E-state index in [9.17, 15) is 9.90 Å². The number of rotatable bonds is 7. The van der Waals surface area contributed by atoms with E-state index in [4.69, 9.17) is 0 Å². The van der Waals surface area contributed by atoms with Crippen molar-refractivity contribution < 1.29 is 9.90 Å². The number of nitrogens with zero attached hydrogens (tertiary/aromatic N) is 5. The van der Waals surface area contributed by atoms with E-state index in [0.29, 0.717) is 25.7 Å². The quantitative estimate of drug-likeness (QED) is 0.768. The van der Waals surface area contributed by atoms with Gasteiger partial charge in [-0.1, -0.05) is 6.92 Å². The fourth-order valence-corrected chi connectivity index (χ4v) is 3.30. The van der Waals surface area contributed by atoms with Crippen molar-refractivity contribution in [2.75, 3.05) is 39.8 Å². The topological polar surface area (TPSA) is 64.8 Å². The third kappa shape index (κ3) is 5.29. The van der Waals surface area contributed by atoms with Crippen molar-refractivity contribution in [3.63, 3.8) is 0 Å². The number of carbonyl (C=O) groups excluding carboxylic acids is 1. The summed E-state index contributed by atoms with van der Waals surface area (Å²) in [7, 11) is 3.72. The molecule has 0 saturated carbocycles. The summed E-state index contributed by atoms with van der Waals surface area (Å²) in [5, 5.41) is 13.8. The van der Waals surface area contributed by atoms with E-state index < -0.39 is 0 Å². The van der Waals surface area contributed by atoms with Gasteiger partial charge in [-0.05, 0) is 13.3 Å². The molecule has 2 atom stereocenters. The normalized spacial score (nSPS) is 21.0. The van der Waals surface area contributed by atoms with Crippen molar-refractivity contribution in [1.82, 2.24) is 24.5 Å². The third-order valence-corrected chi connectivity index (χ3v) is 4.62. The van der Waals surface area contributed by atoms with Crippen LogP contribution in [-0.4, -0.2) is 87.4 Å². The van der Waals surface area contributed by atoms with Gasteiger partial charge in [0.1, 0.15) is 0 Å². The van der Waals surface area contributed by atoms with Gasteiger partial charge in [-0.15, -0.1) is 0 Å². The Kier molecular flexibility index (Phi) is 6.77. The van der Waals surface area contributed by atoms with Crippen LogP contribution in [0.25, 0.3) is 0 Å². The van der Waals surface area contributed by atoms with Crippen LogP contribution in [0.4, 0.5) is 0 Å². The Balaban J connectivity index is 1.83. The van der Waals surface area contributed by atoms with Crippen LogP contribution in [0.2, 0.25) is 0 Å². The van der Waals surface area contributed by atoms with Crippen LogP contribution in [0.3, 0.4) is 0 Å². The van der Waals surface area contributed by atoms with Crippen LogP contribution in [-0.2, 0) is 18.4 Å². The van der Waals surface area contributed by atoms with Gasteiger partial charge in [0.15, 0.2) is 0 Å². The van der Waals surface area contributed by atoms with Gasteiger partial charge in [-0.25, -0.2) is 0 Å². The summed E-state index contributed by atoms with van der Waals surface area (Å²) in [4.78, 5) is 18.8. The standard InChI is InChI=1S/C17H31N5O2/c1-5-16-12-21(6-7-22(16)9-14(2)23)13-17(24)19(3)10-15-8-18-20(4)11-15/h8,11,14,16,23H,5-7,9-10,12-13H2,1-4H3/t14-,16+/m1/s1. The predicted octanol–water partition coefficient (Wildman–Crippen LogP) is 0.156. The summed E-state index contributed by atoms with van der Waals surface area (Å²) >= 11 is 0. The Morgan fingerprint density at radius 1 is 1.50 bits per heavy atom. The van der Waals surface area contributed by atoms with Gasteiger partial charge in [0.05, 0.1) is 18.8 Å². The van der Waals surface area contributed by atoms with Gasteiger partial charge in [0.25, 0.3) is 0 Å². The summed E-state index contributed by atoms with van der Waals surface area (Å²) in [6.07, 6.45) is 4.46. The van der Waals surface area contributed by atoms with E-state index >= 15 is 0 Å². The first-order chi connectivity index (χ1) is 11.4. The average molecular weight is 337 g/mol. The number of aliphatic hydroxyl groups is 1. The second-order valence-corrected chi connectivity index (χ2v) is 6.91. The molecule has 1 saturated heterocycles. The number of hydrogen-bond donors (Lipinski definition) is 1. The molecule has 1 fully saturated rings. The summed E-state index contributed by atoms with van der Waals surface area (Å²) in [5.41, 5.74) is 1.04. The molecule has 0 bridgehead atoms. The highest BCUT2D eigenvalue weighted by Crippen LogP contribution is 2.14. The van der Waals surface area contributed by atoms with Crippen LogP contribution in [0.5, 0.6) is 0 Å². The van der Waals surface area contributed by atoms with Crippen molar-refractivity contribution in [3.8, 4) is 0 Å². The number of hydrogen-bond acceptors (Lipinski definition) is 5. The van der Waals surface area contributed by atoms with E-state index in [2.05, 4.69) is 21.8 Å². The lowest BCUT2D eigenvalue weighted by molar-refractivity contribution is -0.132. The zero-order chi connectivity index (χ0) is 17.7. The Labute approximate surface area is 144 Å². The lowest BCUT2D eigenvalue weighted by Crippen LogP contribution is -2.56. The molecule has 7 heteroatoms. The average Bonchev–Trinajstić information content (AvgIpc) is 2.93. The first-order valence-electron chi connectivity index (χ1n) is 8.75. The maximum absolute atomic E-state index is 12.5. The van der Waals surface area contributed by atoms with Gasteiger partial charge in [0, 0.05) is 64.6 Å².